The zero-order valence-electron chi connectivity index (χ0n) is 6.47. The maximum atomic E-state index is 10.8. The molecule has 0 N–H and O–H groups in total. The van der Waals surface area contributed by atoms with Crippen LogP contribution in [0.4, 0.5) is 0 Å². The Morgan fingerprint density at radius 3 is 1.80 bits per heavy atom. The van der Waals surface area contributed by atoms with Gasteiger partial charge >= 0.3 is 0 Å². The Morgan fingerprint density at radius 2 is 1.70 bits per heavy atom. The fourth-order valence-corrected chi connectivity index (χ4v) is 0.410. The van der Waals surface area contributed by atoms with E-state index in [0.717, 1.165) is 0 Å². The highest BCUT2D eigenvalue weighted by Gasteiger charge is 2.12. The second-order valence-electron chi connectivity index (χ2n) is 2.16. The van der Waals surface area contributed by atoms with Crippen LogP contribution in [-0.4, -0.2) is 23.6 Å². The molecular formula is C7H11NO2. The van der Waals surface area contributed by atoms with E-state index in [1.54, 1.807) is 6.92 Å². The van der Waals surface area contributed by atoms with Crippen LogP contribution in [0.2, 0.25) is 0 Å². The summed E-state index contributed by atoms with van der Waals surface area (Å²) in [6.07, 6.45) is 0. The molecule has 0 aliphatic carbocycles. The highest BCUT2D eigenvalue weighted by Crippen LogP contribution is 1.96. The van der Waals surface area contributed by atoms with Crippen molar-refractivity contribution in [3.05, 3.63) is 12.3 Å². The molecule has 0 atom stereocenters. The van der Waals surface area contributed by atoms with Crippen molar-refractivity contribution in [2.24, 2.45) is 0 Å². The van der Waals surface area contributed by atoms with Gasteiger partial charge in [0, 0.05) is 19.7 Å². The van der Waals surface area contributed by atoms with Crippen LogP contribution in [0.1, 0.15) is 13.8 Å². The third-order valence-electron chi connectivity index (χ3n) is 1.18. The van der Waals surface area contributed by atoms with Crippen LogP contribution in [-0.2, 0) is 9.59 Å². The quantitative estimate of drug-likeness (QED) is 0.527. The number of amides is 1. The normalized spacial score (nSPS) is 8.70. The van der Waals surface area contributed by atoms with Crippen molar-refractivity contribution >= 4 is 11.7 Å². The lowest BCUT2D eigenvalue weighted by atomic mass is 10.3. The number of nitrogens with zero attached hydrogens (tertiary/aromatic N) is 1. The number of hydrogen-bond donors (Lipinski definition) is 0. The number of likely N-dealkylation sites (N-methyl/N-ethyl adjacent to an activating group) is 1. The van der Waals surface area contributed by atoms with Crippen molar-refractivity contribution in [2.75, 3.05) is 7.05 Å². The van der Waals surface area contributed by atoms with Gasteiger partial charge in [-0.2, -0.15) is 0 Å². The molecule has 0 aliphatic rings. The summed E-state index contributed by atoms with van der Waals surface area (Å²) < 4.78 is 0. The molecule has 0 bridgehead atoms. The summed E-state index contributed by atoms with van der Waals surface area (Å²) >= 11 is 0. The first kappa shape index (κ1) is 8.88. The van der Waals surface area contributed by atoms with Gasteiger partial charge in [-0.25, -0.2) is 0 Å². The topological polar surface area (TPSA) is 37.4 Å². The van der Waals surface area contributed by atoms with Gasteiger partial charge in [0.15, 0.2) is 0 Å². The maximum absolute atomic E-state index is 10.8. The van der Waals surface area contributed by atoms with Crippen LogP contribution in [0.5, 0.6) is 0 Å². The standard InChI is InChI=1S/C7H11NO2/c1-5(2)8(4)7(10)6(3)9/h1H2,2-4H3. The first-order chi connectivity index (χ1) is 4.46. The summed E-state index contributed by atoms with van der Waals surface area (Å²) in [7, 11) is 1.52. The number of hydrogen-bond acceptors (Lipinski definition) is 2. The largest absolute Gasteiger partial charge is 0.314 e. The van der Waals surface area contributed by atoms with Crippen LogP contribution in [0.25, 0.3) is 0 Å². The van der Waals surface area contributed by atoms with Crippen LogP contribution < -0.4 is 0 Å². The summed E-state index contributed by atoms with van der Waals surface area (Å²) in [5, 5.41) is 0. The number of rotatable bonds is 2. The van der Waals surface area contributed by atoms with Crippen molar-refractivity contribution in [3.63, 3.8) is 0 Å². The van der Waals surface area contributed by atoms with Crippen LogP contribution in [0.3, 0.4) is 0 Å². The van der Waals surface area contributed by atoms with E-state index in [9.17, 15) is 9.59 Å². The van der Waals surface area contributed by atoms with E-state index in [0.29, 0.717) is 5.70 Å². The van der Waals surface area contributed by atoms with E-state index < -0.39 is 11.7 Å². The molecule has 56 valence electrons. The fourth-order valence-electron chi connectivity index (χ4n) is 0.410. The lowest BCUT2D eigenvalue weighted by Gasteiger charge is -2.13. The zero-order valence-corrected chi connectivity index (χ0v) is 6.47. The third kappa shape index (κ3) is 2.01. The van der Waals surface area contributed by atoms with Gasteiger partial charge in [-0.15, -0.1) is 0 Å². The van der Waals surface area contributed by atoms with Crippen molar-refractivity contribution < 1.29 is 9.59 Å². The van der Waals surface area contributed by atoms with Gasteiger partial charge in [0.25, 0.3) is 5.91 Å². The van der Waals surface area contributed by atoms with Crippen LogP contribution in [0, 0.1) is 0 Å². The number of ketones is 1. The summed E-state index contributed by atoms with van der Waals surface area (Å²) in [5.41, 5.74) is 0.570. The molecule has 0 radical (unpaired) electrons. The van der Waals surface area contributed by atoms with E-state index in [2.05, 4.69) is 6.58 Å². The van der Waals surface area contributed by atoms with Crippen molar-refractivity contribution in [1.82, 2.24) is 4.90 Å². The van der Waals surface area contributed by atoms with Gasteiger partial charge < -0.3 is 4.90 Å². The van der Waals surface area contributed by atoms with Crippen molar-refractivity contribution in [2.45, 2.75) is 13.8 Å². The minimum Gasteiger partial charge on any atom is -0.314 e. The monoisotopic (exact) mass is 141 g/mol. The second kappa shape index (κ2) is 3.15. The highest BCUT2D eigenvalue weighted by molar-refractivity contribution is 6.35. The molecule has 0 saturated heterocycles. The molecule has 0 spiro atoms. The van der Waals surface area contributed by atoms with Gasteiger partial charge in [-0.1, -0.05) is 6.58 Å². The Hall–Kier alpha value is -1.12. The molecule has 0 aromatic heterocycles. The zero-order chi connectivity index (χ0) is 8.31. The van der Waals surface area contributed by atoms with Gasteiger partial charge in [-0.05, 0) is 6.92 Å². The average molecular weight is 141 g/mol. The van der Waals surface area contributed by atoms with E-state index in [1.807, 2.05) is 0 Å². The number of carbonyl (C=O) groups is 2. The molecule has 0 rings (SSSR count). The molecule has 1 amide bonds. The summed E-state index contributed by atoms with van der Waals surface area (Å²) in [6.45, 7) is 6.42. The molecule has 0 saturated carbocycles. The highest BCUT2D eigenvalue weighted by atomic mass is 16.2. The Morgan fingerprint density at radius 1 is 1.30 bits per heavy atom. The molecule has 10 heavy (non-hydrogen) atoms. The minimum atomic E-state index is -0.521. The smallest absolute Gasteiger partial charge is 0.293 e. The molecule has 0 aliphatic heterocycles. The van der Waals surface area contributed by atoms with Gasteiger partial charge in [0.1, 0.15) is 0 Å². The predicted octanol–water partition coefficient (Wildman–Crippen LogP) is 0.567. The Kier molecular flexibility index (Phi) is 2.80. The molecule has 0 heterocycles. The Labute approximate surface area is 60.3 Å². The van der Waals surface area contributed by atoms with E-state index >= 15 is 0 Å². The molecule has 3 heteroatoms. The van der Waals surface area contributed by atoms with Gasteiger partial charge in [-0.3, -0.25) is 9.59 Å². The van der Waals surface area contributed by atoms with Crippen molar-refractivity contribution in [1.29, 1.82) is 0 Å². The average Bonchev–Trinajstić information content (AvgIpc) is 1.84. The second-order valence-corrected chi connectivity index (χ2v) is 2.16. The summed E-state index contributed by atoms with van der Waals surface area (Å²) in [5.74, 6) is -0.988. The maximum Gasteiger partial charge on any atom is 0.293 e. The number of carbonyl (C=O) groups excluding carboxylic acids is 2. The van der Waals surface area contributed by atoms with Crippen LogP contribution in [0.15, 0.2) is 12.3 Å². The summed E-state index contributed by atoms with van der Waals surface area (Å²) in [6, 6.07) is 0. The fraction of sp³-hybridized carbons (Fsp3) is 0.429. The number of allylic oxidation sites excluding steroid dienone is 1. The number of Topliss-reactive ketones (excluding diaryl/α,β-unsaturated/α-hetero) is 1. The molecular weight excluding hydrogens is 130 g/mol. The summed E-state index contributed by atoms with van der Waals surface area (Å²) in [4.78, 5) is 22.5. The first-order valence-electron chi connectivity index (χ1n) is 2.91. The Bertz CT molecular complexity index is 184. The van der Waals surface area contributed by atoms with Crippen LogP contribution >= 0.6 is 0 Å². The molecule has 3 nitrogen and oxygen atoms in total. The first-order valence-corrected chi connectivity index (χ1v) is 2.91. The van der Waals surface area contributed by atoms with E-state index in [-0.39, 0.29) is 0 Å². The third-order valence-corrected chi connectivity index (χ3v) is 1.18. The molecule has 0 aromatic rings. The predicted molar refractivity (Wildman–Crippen MR) is 38.3 cm³/mol. The lowest BCUT2D eigenvalue weighted by molar-refractivity contribution is -0.141. The molecule has 0 aromatic carbocycles. The van der Waals surface area contributed by atoms with Gasteiger partial charge in [0.2, 0.25) is 5.78 Å². The SMILES string of the molecule is C=C(C)N(C)C(=O)C(C)=O. The Balaban J connectivity index is 4.22. The van der Waals surface area contributed by atoms with Gasteiger partial charge in [0.05, 0.1) is 0 Å². The molecule has 0 fully saturated rings. The minimum absolute atomic E-state index is 0.467. The molecule has 0 unspecified atom stereocenters. The van der Waals surface area contributed by atoms with E-state index in [4.69, 9.17) is 0 Å². The lowest BCUT2D eigenvalue weighted by Crippen LogP contribution is -2.29. The van der Waals surface area contributed by atoms with Crippen molar-refractivity contribution in [3.8, 4) is 0 Å². The van der Waals surface area contributed by atoms with E-state index in [1.165, 1.54) is 18.9 Å².